The molecule has 26 heavy (non-hydrogen) atoms. The number of likely N-dealkylation sites (tertiary alicyclic amines) is 1. The molecule has 2 atom stereocenters. The van der Waals surface area contributed by atoms with Crippen LogP contribution in [0, 0.1) is 18.8 Å². The molecular weight excluding hydrogens is 330 g/mol. The fourth-order valence-corrected chi connectivity index (χ4v) is 3.91. The van der Waals surface area contributed by atoms with Gasteiger partial charge in [0.05, 0.1) is 18.3 Å². The maximum Gasteiger partial charge on any atom is 0.313 e. The lowest BCUT2D eigenvalue weighted by molar-refractivity contribution is -0.141. The quantitative estimate of drug-likeness (QED) is 0.459. The number of imide groups is 1. The van der Waals surface area contributed by atoms with E-state index in [-0.39, 0.29) is 36.6 Å². The van der Waals surface area contributed by atoms with Crippen molar-refractivity contribution in [3.8, 4) is 5.75 Å². The van der Waals surface area contributed by atoms with Crippen molar-refractivity contribution in [2.24, 2.45) is 11.8 Å². The van der Waals surface area contributed by atoms with Crippen LogP contribution in [0.4, 0.5) is 0 Å². The molecule has 0 aromatic heterocycles. The zero-order valence-electron chi connectivity index (χ0n) is 15.8. The normalized spacial score (nSPS) is 22.7. The molecule has 1 saturated heterocycles. The van der Waals surface area contributed by atoms with Crippen LogP contribution >= 0.6 is 0 Å². The molecule has 0 bridgehead atoms. The lowest BCUT2D eigenvalue weighted by Crippen LogP contribution is -2.33. The van der Waals surface area contributed by atoms with Gasteiger partial charge in [-0.2, -0.15) is 0 Å². The van der Waals surface area contributed by atoms with E-state index in [1.165, 1.54) is 4.90 Å². The Hall–Kier alpha value is -2.17. The summed E-state index contributed by atoms with van der Waals surface area (Å²) in [7, 11) is 0. The molecule has 1 aliphatic heterocycles. The number of aryl methyl sites for hydroxylation is 1. The maximum absolute atomic E-state index is 12.4. The molecule has 1 heterocycles. The summed E-state index contributed by atoms with van der Waals surface area (Å²) in [6, 6.07) is 5.86. The van der Waals surface area contributed by atoms with Crippen molar-refractivity contribution in [2.75, 3.05) is 6.54 Å². The van der Waals surface area contributed by atoms with Gasteiger partial charge in [0.25, 0.3) is 0 Å². The largest absolute Gasteiger partial charge is 0.426 e. The number of hydrogen-bond donors (Lipinski definition) is 0. The van der Waals surface area contributed by atoms with Crippen LogP contribution in [0.15, 0.2) is 18.2 Å². The number of rotatable bonds is 5. The van der Waals surface area contributed by atoms with Crippen LogP contribution in [0.25, 0.3) is 0 Å². The van der Waals surface area contributed by atoms with E-state index in [4.69, 9.17) is 4.74 Å². The van der Waals surface area contributed by atoms with E-state index in [2.05, 4.69) is 13.8 Å². The molecule has 1 saturated carbocycles. The first-order valence-electron chi connectivity index (χ1n) is 9.55. The second-order valence-electron chi connectivity index (χ2n) is 7.73. The van der Waals surface area contributed by atoms with Gasteiger partial charge in [0.15, 0.2) is 0 Å². The minimum absolute atomic E-state index is 0.0300. The topological polar surface area (TPSA) is 63.7 Å². The number of esters is 1. The number of nitrogens with zero attached hydrogens (tertiary/aromatic N) is 1. The predicted octanol–water partition coefficient (Wildman–Crippen LogP) is 3.59. The van der Waals surface area contributed by atoms with Gasteiger partial charge in [0.1, 0.15) is 5.75 Å². The molecule has 1 aliphatic carbocycles. The molecular formula is C21H27NO4. The SMILES string of the molecule is Cc1ccc(C(C)C)cc1OC(=O)CCN1C(=O)[C@@H]2CCCC[C@H]2C1=O. The summed E-state index contributed by atoms with van der Waals surface area (Å²) in [5.74, 6) is -0.0693. The second kappa shape index (κ2) is 7.60. The van der Waals surface area contributed by atoms with E-state index in [0.717, 1.165) is 36.8 Å². The van der Waals surface area contributed by atoms with E-state index < -0.39 is 5.97 Å². The predicted molar refractivity (Wildman–Crippen MR) is 97.7 cm³/mol. The summed E-state index contributed by atoms with van der Waals surface area (Å²) in [6.07, 6.45) is 3.61. The standard InChI is InChI=1S/C21H27NO4/c1-13(2)15-9-8-14(3)18(12-15)26-19(23)10-11-22-20(24)16-6-4-5-7-17(16)21(22)25/h8-9,12-13,16-17H,4-7,10-11H2,1-3H3/t16-,17-/m1/s1. The Morgan fingerprint density at radius 2 is 1.77 bits per heavy atom. The van der Waals surface area contributed by atoms with Crippen molar-refractivity contribution >= 4 is 17.8 Å². The van der Waals surface area contributed by atoms with Gasteiger partial charge in [-0.25, -0.2) is 0 Å². The maximum atomic E-state index is 12.4. The summed E-state index contributed by atoms with van der Waals surface area (Å²) in [4.78, 5) is 38.4. The lowest BCUT2D eigenvalue weighted by Gasteiger charge is -2.19. The minimum atomic E-state index is -0.413. The van der Waals surface area contributed by atoms with E-state index in [1.54, 1.807) is 0 Å². The van der Waals surface area contributed by atoms with E-state index in [0.29, 0.717) is 11.7 Å². The molecule has 0 spiro atoms. The Labute approximate surface area is 154 Å². The van der Waals surface area contributed by atoms with Crippen molar-refractivity contribution in [2.45, 2.75) is 58.8 Å². The Kier molecular flexibility index (Phi) is 5.44. The molecule has 1 aromatic carbocycles. The molecule has 5 nitrogen and oxygen atoms in total. The van der Waals surface area contributed by atoms with Crippen molar-refractivity contribution < 1.29 is 19.1 Å². The number of fused-ring (bicyclic) bond motifs is 1. The molecule has 0 radical (unpaired) electrons. The van der Waals surface area contributed by atoms with Crippen LogP contribution < -0.4 is 4.74 Å². The van der Waals surface area contributed by atoms with Crippen molar-refractivity contribution in [3.05, 3.63) is 29.3 Å². The Bertz CT molecular complexity index is 701. The van der Waals surface area contributed by atoms with Crippen LogP contribution in [-0.4, -0.2) is 29.2 Å². The summed E-state index contributed by atoms with van der Waals surface area (Å²) >= 11 is 0. The van der Waals surface area contributed by atoms with Crippen molar-refractivity contribution in [1.82, 2.24) is 4.90 Å². The van der Waals surface area contributed by atoms with Crippen LogP contribution in [0.1, 0.15) is 63.0 Å². The zero-order valence-corrected chi connectivity index (χ0v) is 15.8. The molecule has 140 valence electrons. The summed E-state index contributed by atoms with van der Waals surface area (Å²) in [5.41, 5.74) is 1.99. The van der Waals surface area contributed by atoms with E-state index in [9.17, 15) is 14.4 Å². The third-order valence-corrected chi connectivity index (χ3v) is 5.57. The van der Waals surface area contributed by atoms with Gasteiger partial charge in [0, 0.05) is 6.54 Å². The molecule has 3 rings (SSSR count). The first kappa shape index (κ1) is 18.6. The van der Waals surface area contributed by atoms with Crippen LogP contribution in [0.5, 0.6) is 5.75 Å². The number of amides is 2. The van der Waals surface area contributed by atoms with Crippen LogP contribution in [-0.2, 0) is 14.4 Å². The highest BCUT2D eigenvalue weighted by atomic mass is 16.5. The molecule has 0 N–H and O–H groups in total. The molecule has 2 amide bonds. The van der Waals surface area contributed by atoms with E-state index >= 15 is 0 Å². The number of carbonyl (C=O) groups excluding carboxylic acids is 3. The smallest absolute Gasteiger partial charge is 0.313 e. The van der Waals surface area contributed by atoms with Gasteiger partial charge in [-0.15, -0.1) is 0 Å². The van der Waals surface area contributed by atoms with Gasteiger partial charge in [-0.1, -0.05) is 38.8 Å². The average molecular weight is 357 g/mol. The van der Waals surface area contributed by atoms with Gasteiger partial charge >= 0.3 is 5.97 Å². The van der Waals surface area contributed by atoms with Gasteiger partial charge in [0.2, 0.25) is 11.8 Å². The monoisotopic (exact) mass is 357 g/mol. The fraction of sp³-hybridized carbons (Fsp3) is 0.571. The third kappa shape index (κ3) is 3.67. The number of benzene rings is 1. The Morgan fingerprint density at radius 1 is 1.15 bits per heavy atom. The number of hydrogen-bond acceptors (Lipinski definition) is 4. The molecule has 2 aliphatic rings. The highest BCUT2D eigenvalue weighted by Crippen LogP contribution is 2.38. The molecule has 1 aromatic rings. The molecule has 0 unspecified atom stereocenters. The number of ether oxygens (including phenoxy) is 1. The summed E-state index contributed by atoms with van der Waals surface area (Å²) in [6.45, 7) is 6.18. The first-order valence-corrected chi connectivity index (χ1v) is 9.55. The zero-order chi connectivity index (χ0) is 18.8. The van der Waals surface area contributed by atoms with E-state index in [1.807, 2.05) is 25.1 Å². The Balaban J connectivity index is 1.60. The highest BCUT2D eigenvalue weighted by molar-refractivity contribution is 6.05. The molecule has 2 fully saturated rings. The molecule has 5 heteroatoms. The highest BCUT2D eigenvalue weighted by Gasteiger charge is 2.47. The first-order chi connectivity index (χ1) is 12.4. The minimum Gasteiger partial charge on any atom is -0.426 e. The fourth-order valence-electron chi connectivity index (χ4n) is 3.91. The van der Waals surface area contributed by atoms with Crippen molar-refractivity contribution in [1.29, 1.82) is 0 Å². The second-order valence-corrected chi connectivity index (χ2v) is 7.73. The Morgan fingerprint density at radius 3 is 2.35 bits per heavy atom. The van der Waals surface area contributed by atoms with Gasteiger partial charge < -0.3 is 4.74 Å². The number of carbonyl (C=O) groups is 3. The summed E-state index contributed by atoms with van der Waals surface area (Å²) in [5, 5.41) is 0. The summed E-state index contributed by atoms with van der Waals surface area (Å²) < 4.78 is 5.50. The van der Waals surface area contributed by atoms with Crippen LogP contribution in [0.2, 0.25) is 0 Å². The third-order valence-electron chi connectivity index (χ3n) is 5.57. The van der Waals surface area contributed by atoms with Crippen molar-refractivity contribution in [3.63, 3.8) is 0 Å². The lowest BCUT2D eigenvalue weighted by atomic mass is 9.81. The van der Waals surface area contributed by atoms with Gasteiger partial charge in [-0.3, -0.25) is 19.3 Å². The van der Waals surface area contributed by atoms with Gasteiger partial charge in [-0.05, 0) is 42.9 Å². The average Bonchev–Trinajstić information content (AvgIpc) is 2.86. The van der Waals surface area contributed by atoms with Crippen LogP contribution in [0.3, 0.4) is 0 Å².